The van der Waals surface area contributed by atoms with E-state index in [0.717, 1.165) is 0 Å². The van der Waals surface area contributed by atoms with E-state index in [4.69, 9.17) is 14.2 Å². The van der Waals surface area contributed by atoms with Crippen LogP contribution in [0, 0.1) is 0 Å². The maximum absolute atomic E-state index is 12.8. The molecule has 0 radical (unpaired) electrons. The van der Waals surface area contributed by atoms with E-state index >= 15 is 0 Å². The summed E-state index contributed by atoms with van der Waals surface area (Å²) in [5.41, 5.74) is 0. The molecule has 0 N–H and O–H groups in total. The van der Waals surface area contributed by atoms with Gasteiger partial charge in [-0.05, 0) is 18.2 Å². The summed E-state index contributed by atoms with van der Waals surface area (Å²) in [6.07, 6.45) is -0.550. The standard InChI is InChI=1S/C13H18BrNO5S/c1-18-10-5-4-9(14)6-13(10)21(16,17)15-7-11(19-2)12(8-15)20-3/h4-6,11-12H,7-8H2,1-3H3. The average Bonchev–Trinajstić information content (AvgIpc) is 2.91. The van der Waals surface area contributed by atoms with E-state index in [2.05, 4.69) is 15.9 Å². The zero-order chi connectivity index (χ0) is 15.6. The van der Waals surface area contributed by atoms with Gasteiger partial charge in [0.05, 0.1) is 19.3 Å². The van der Waals surface area contributed by atoms with Crippen molar-refractivity contribution in [2.75, 3.05) is 34.4 Å². The fraction of sp³-hybridized carbons (Fsp3) is 0.538. The second-order valence-electron chi connectivity index (χ2n) is 4.67. The van der Waals surface area contributed by atoms with E-state index in [-0.39, 0.29) is 30.2 Å². The molecule has 1 saturated heterocycles. The molecule has 1 aliphatic heterocycles. The van der Waals surface area contributed by atoms with Crippen LogP contribution in [0.1, 0.15) is 0 Å². The zero-order valence-corrected chi connectivity index (χ0v) is 14.5. The number of sulfonamides is 1. The number of nitrogens with zero attached hydrogens (tertiary/aromatic N) is 1. The Morgan fingerprint density at radius 3 is 2.19 bits per heavy atom. The summed E-state index contributed by atoms with van der Waals surface area (Å²) in [5.74, 6) is 0.313. The molecular weight excluding hydrogens is 362 g/mol. The van der Waals surface area contributed by atoms with Gasteiger partial charge in [-0.15, -0.1) is 0 Å². The number of halogens is 1. The molecule has 1 aromatic carbocycles. The molecular formula is C13H18BrNO5S. The van der Waals surface area contributed by atoms with E-state index < -0.39 is 10.0 Å². The van der Waals surface area contributed by atoms with E-state index in [0.29, 0.717) is 10.2 Å². The van der Waals surface area contributed by atoms with Crippen molar-refractivity contribution >= 4 is 26.0 Å². The highest BCUT2D eigenvalue weighted by Crippen LogP contribution is 2.32. The van der Waals surface area contributed by atoms with Gasteiger partial charge >= 0.3 is 0 Å². The molecule has 1 heterocycles. The summed E-state index contributed by atoms with van der Waals surface area (Å²) < 4.78 is 43.4. The first-order valence-corrected chi connectivity index (χ1v) is 8.56. The second kappa shape index (κ2) is 6.62. The minimum atomic E-state index is -3.67. The van der Waals surface area contributed by atoms with Gasteiger partial charge in [-0.3, -0.25) is 0 Å². The van der Waals surface area contributed by atoms with Gasteiger partial charge in [-0.2, -0.15) is 4.31 Å². The highest BCUT2D eigenvalue weighted by molar-refractivity contribution is 9.10. The van der Waals surface area contributed by atoms with Crippen LogP contribution in [0.3, 0.4) is 0 Å². The molecule has 0 spiro atoms. The minimum absolute atomic E-state index is 0.131. The number of benzene rings is 1. The lowest BCUT2D eigenvalue weighted by molar-refractivity contribution is -0.00461. The molecule has 6 nitrogen and oxygen atoms in total. The highest BCUT2D eigenvalue weighted by Gasteiger charge is 2.40. The van der Waals surface area contributed by atoms with Crippen molar-refractivity contribution in [1.29, 1.82) is 0 Å². The van der Waals surface area contributed by atoms with Gasteiger partial charge in [0.2, 0.25) is 10.0 Å². The predicted molar refractivity (Wildman–Crippen MR) is 81.0 cm³/mol. The predicted octanol–water partition coefficient (Wildman–Crippen LogP) is 1.49. The summed E-state index contributed by atoms with van der Waals surface area (Å²) in [6.45, 7) is 0.514. The van der Waals surface area contributed by atoms with Crippen LogP contribution in [-0.2, 0) is 19.5 Å². The smallest absolute Gasteiger partial charge is 0.246 e. The van der Waals surface area contributed by atoms with Crippen molar-refractivity contribution in [2.45, 2.75) is 17.1 Å². The molecule has 0 amide bonds. The Bertz CT molecular complexity index is 595. The third kappa shape index (κ3) is 3.24. The molecule has 118 valence electrons. The Morgan fingerprint density at radius 1 is 1.14 bits per heavy atom. The number of rotatable bonds is 5. The van der Waals surface area contributed by atoms with Crippen LogP contribution in [0.4, 0.5) is 0 Å². The molecule has 2 unspecified atom stereocenters. The van der Waals surface area contributed by atoms with Crippen molar-refractivity contribution in [2.24, 2.45) is 0 Å². The quantitative estimate of drug-likeness (QED) is 0.775. The van der Waals surface area contributed by atoms with E-state index in [1.165, 1.54) is 17.5 Å². The fourth-order valence-corrected chi connectivity index (χ4v) is 4.51. The third-order valence-corrected chi connectivity index (χ3v) is 5.88. The second-order valence-corrected chi connectivity index (χ2v) is 7.49. The Labute approximate surface area is 133 Å². The fourth-order valence-electron chi connectivity index (χ4n) is 2.35. The van der Waals surface area contributed by atoms with Gasteiger partial charge in [0, 0.05) is 31.8 Å². The van der Waals surface area contributed by atoms with Gasteiger partial charge in [0.1, 0.15) is 10.6 Å². The molecule has 2 atom stereocenters. The van der Waals surface area contributed by atoms with Crippen molar-refractivity contribution in [3.05, 3.63) is 22.7 Å². The molecule has 0 saturated carbocycles. The lowest BCUT2D eigenvalue weighted by Crippen LogP contribution is -2.30. The molecule has 1 fully saturated rings. The molecule has 2 rings (SSSR count). The number of hydrogen-bond donors (Lipinski definition) is 0. The summed E-state index contributed by atoms with van der Waals surface area (Å²) in [7, 11) is 0.871. The third-order valence-electron chi connectivity index (χ3n) is 3.53. The Kier molecular flexibility index (Phi) is 5.26. The molecule has 0 aliphatic carbocycles. The van der Waals surface area contributed by atoms with Crippen LogP contribution in [-0.4, -0.2) is 59.3 Å². The number of ether oxygens (including phenoxy) is 3. The Morgan fingerprint density at radius 2 is 1.71 bits per heavy atom. The van der Waals surface area contributed by atoms with Crippen molar-refractivity contribution in [3.8, 4) is 5.75 Å². The van der Waals surface area contributed by atoms with E-state index in [1.807, 2.05) is 0 Å². The molecule has 1 aromatic rings. The van der Waals surface area contributed by atoms with E-state index in [1.54, 1.807) is 26.4 Å². The normalized spacial score (nSPS) is 23.4. The summed E-state index contributed by atoms with van der Waals surface area (Å²) in [6, 6.07) is 4.89. The number of methoxy groups -OCH3 is 3. The molecule has 21 heavy (non-hydrogen) atoms. The van der Waals surface area contributed by atoms with Crippen LogP contribution >= 0.6 is 15.9 Å². The first kappa shape index (κ1) is 16.7. The monoisotopic (exact) mass is 379 g/mol. The number of hydrogen-bond acceptors (Lipinski definition) is 5. The topological polar surface area (TPSA) is 65.1 Å². The summed E-state index contributed by atoms with van der Waals surface area (Å²) >= 11 is 3.29. The SMILES string of the molecule is COc1ccc(Br)cc1S(=O)(=O)N1CC(OC)C(OC)C1. The molecule has 1 aliphatic rings. The van der Waals surface area contributed by atoms with E-state index in [9.17, 15) is 8.42 Å². The average molecular weight is 380 g/mol. The molecule has 0 aromatic heterocycles. The maximum Gasteiger partial charge on any atom is 0.246 e. The highest BCUT2D eigenvalue weighted by atomic mass is 79.9. The maximum atomic E-state index is 12.8. The largest absolute Gasteiger partial charge is 0.495 e. The minimum Gasteiger partial charge on any atom is -0.495 e. The Hall–Kier alpha value is -0.670. The van der Waals surface area contributed by atoms with Crippen LogP contribution in [0.2, 0.25) is 0 Å². The van der Waals surface area contributed by atoms with Gasteiger partial charge in [-0.25, -0.2) is 8.42 Å². The lowest BCUT2D eigenvalue weighted by Gasteiger charge is -2.18. The van der Waals surface area contributed by atoms with Crippen LogP contribution in [0.25, 0.3) is 0 Å². The van der Waals surface area contributed by atoms with Crippen LogP contribution in [0.5, 0.6) is 5.75 Å². The lowest BCUT2D eigenvalue weighted by atomic mass is 10.3. The van der Waals surface area contributed by atoms with Crippen molar-refractivity contribution in [3.63, 3.8) is 0 Å². The van der Waals surface area contributed by atoms with Crippen LogP contribution in [0.15, 0.2) is 27.6 Å². The zero-order valence-electron chi connectivity index (χ0n) is 12.1. The molecule has 8 heteroatoms. The van der Waals surface area contributed by atoms with Gasteiger partial charge < -0.3 is 14.2 Å². The Balaban J connectivity index is 2.37. The van der Waals surface area contributed by atoms with Crippen molar-refractivity contribution in [1.82, 2.24) is 4.31 Å². The summed E-state index contributed by atoms with van der Waals surface area (Å²) in [4.78, 5) is 0.131. The van der Waals surface area contributed by atoms with Gasteiger partial charge in [0.15, 0.2) is 0 Å². The molecule has 0 bridgehead atoms. The van der Waals surface area contributed by atoms with Gasteiger partial charge in [0.25, 0.3) is 0 Å². The van der Waals surface area contributed by atoms with Crippen molar-refractivity contribution < 1.29 is 22.6 Å². The first-order valence-electron chi connectivity index (χ1n) is 6.33. The summed E-state index contributed by atoms with van der Waals surface area (Å²) in [5, 5.41) is 0. The van der Waals surface area contributed by atoms with Gasteiger partial charge in [-0.1, -0.05) is 15.9 Å². The van der Waals surface area contributed by atoms with Crippen LogP contribution < -0.4 is 4.74 Å². The first-order chi connectivity index (χ1) is 9.93.